The van der Waals surface area contributed by atoms with Crippen molar-refractivity contribution >= 4 is 5.78 Å². The van der Waals surface area contributed by atoms with Crippen LogP contribution in [0.15, 0.2) is 24.3 Å². The van der Waals surface area contributed by atoms with Crippen LogP contribution in [-0.2, 0) is 11.2 Å². The third kappa shape index (κ3) is 4.12. The molecule has 0 bridgehead atoms. The second-order valence-electron chi connectivity index (χ2n) is 5.66. The molecule has 1 saturated heterocycles. The Bertz CT molecular complexity index is 454. The molecular formula is C16H22FNO2. The Hall–Kier alpha value is -1.26. The quantitative estimate of drug-likeness (QED) is 0.896. The molecule has 1 aromatic carbocycles. The Morgan fingerprint density at radius 2 is 2.05 bits per heavy atom. The van der Waals surface area contributed by atoms with Crippen molar-refractivity contribution in [1.82, 2.24) is 4.90 Å². The molecule has 1 atom stereocenters. The first kappa shape index (κ1) is 15.1. The molecule has 1 unspecified atom stereocenters. The van der Waals surface area contributed by atoms with E-state index in [2.05, 4.69) is 4.90 Å². The first-order valence-electron chi connectivity index (χ1n) is 7.22. The van der Waals surface area contributed by atoms with Crippen molar-refractivity contribution in [2.75, 3.05) is 19.6 Å². The van der Waals surface area contributed by atoms with E-state index in [9.17, 15) is 14.3 Å². The van der Waals surface area contributed by atoms with Crippen LogP contribution in [0, 0.1) is 11.7 Å². The lowest BCUT2D eigenvalue weighted by atomic mass is 9.92. The maximum Gasteiger partial charge on any atom is 0.151 e. The molecule has 3 nitrogen and oxygen atoms in total. The number of hydrogen-bond donors (Lipinski definition) is 1. The number of Topliss-reactive ketones (excluding diaryl/α,β-unsaturated/α-hetero) is 1. The van der Waals surface area contributed by atoms with Crippen LogP contribution >= 0.6 is 0 Å². The number of hydrogen-bond acceptors (Lipinski definition) is 3. The minimum Gasteiger partial charge on any atom is -0.393 e. The monoisotopic (exact) mass is 279 g/mol. The molecule has 0 amide bonds. The Kier molecular flexibility index (Phi) is 5.26. The van der Waals surface area contributed by atoms with E-state index in [4.69, 9.17) is 0 Å². The van der Waals surface area contributed by atoms with Crippen molar-refractivity contribution in [3.63, 3.8) is 0 Å². The van der Waals surface area contributed by atoms with Gasteiger partial charge in [0.25, 0.3) is 0 Å². The van der Waals surface area contributed by atoms with Gasteiger partial charge in [0.15, 0.2) is 5.78 Å². The molecule has 110 valence electrons. The van der Waals surface area contributed by atoms with Gasteiger partial charge in [0.05, 0.1) is 12.6 Å². The van der Waals surface area contributed by atoms with Crippen LogP contribution in [-0.4, -0.2) is 41.5 Å². The van der Waals surface area contributed by atoms with Crippen molar-refractivity contribution in [2.45, 2.75) is 32.3 Å². The molecule has 4 heteroatoms. The molecular weight excluding hydrogens is 257 g/mol. The Morgan fingerprint density at radius 3 is 2.65 bits per heavy atom. The number of halogens is 1. The second-order valence-corrected chi connectivity index (χ2v) is 5.66. The maximum atomic E-state index is 13.5. The molecule has 0 saturated carbocycles. The molecule has 1 fully saturated rings. The van der Waals surface area contributed by atoms with Crippen LogP contribution in [0.5, 0.6) is 0 Å². The van der Waals surface area contributed by atoms with Crippen LogP contribution < -0.4 is 0 Å². The van der Waals surface area contributed by atoms with Crippen molar-refractivity contribution in [1.29, 1.82) is 0 Å². The fraction of sp³-hybridized carbons (Fsp3) is 0.562. The molecule has 1 N–H and O–H groups in total. The molecule has 1 aliphatic rings. The van der Waals surface area contributed by atoms with E-state index in [1.165, 1.54) is 6.07 Å². The second kappa shape index (κ2) is 6.95. The number of aliphatic hydroxyl groups excluding tert-OH is 1. The van der Waals surface area contributed by atoms with Gasteiger partial charge in [0.2, 0.25) is 0 Å². The highest BCUT2D eigenvalue weighted by molar-refractivity contribution is 5.82. The fourth-order valence-electron chi connectivity index (χ4n) is 2.75. The van der Waals surface area contributed by atoms with Crippen molar-refractivity contribution in [3.05, 3.63) is 35.6 Å². The smallest absolute Gasteiger partial charge is 0.151 e. The maximum absolute atomic E-state index is 13.5. The lowest BCUT2D eigenvalue weighted by Gasteiger charge is -2.32. The number of piperidine rings is 1. The average molecular weight is 279 g/mol. The normalized spacial score (nSPS) is 18.9. The summed E-state index contributed by atoms with van der Waals surface area (Å²) in [5.74, 6) is 0.0761. The molecule has 0 aromatic heterocycles. The van der Waals surface area contributed by atoms with Crippen molar-refractivity contribution in [3.8, 4) is 0 Å². The van der Waals surface area contributed by atoms with Gasteiger partial charge in [-0.3, -0.25) is 9.69 Å². The summed E-state index contributed by atoms with van der Waals surface area (Å²) >= 11 is 0. The van der Waals surface area contributed by atoms with Gasteiger partial charge in [-0.25, -0.2) is 4.39 Å². The predicted octanol–water partition coefficient (Wildman–Crippen LogP) is 2.03. The number of rotatable bonds is 5. The summed E-state index contributed by atoms with van der Waals surface area (Å²) in [7, 11) is 0. The molecule has 0 radical (unpaired) electrons. The summed E-state index contributed by atoms with van der Waals surface area (Å²) < 4.78 is 13.5. The zero-order chi connectivity index (χ0) is 14.5. The summed E-state index contributed by atoms with van der Waals surface area (Å²) in [6.07, 6.45) is 1.73. The summed E-state index contributed by atoms with van der Waals surface area (Å²) in [5.41, 5.74) is 0.469. The van der Waals surface area contributed by atoms with Crippen molar-refractivity contribution < 1.29 is 14.3 Å². The summed E-state index contributed by atoms with van der Waals surface area (Å²) in [6.45, 7) is 3.86. The van der Waals surface area contributed by atoms with Gasteiger partial charge in [0.1, 0.15) is 5.82 Å². The fourth-order valence-corrected chi connectivity index (χ4v) is 2.75. The van der Waals surface area contributed by atoms with Gasteiger partial charge in [-0.15, -0.1) is 0 Å². The van der Waals surface area contributed by atoms with Crippen molar-refractivity contribution in [2.24, 2.45) is 5.92 Å². The highest BCUT2D eigenvalue weighted by Gasteiger charge is 2.23. The van der Waals surface area contributed by atoms with Gasteiger partial charge in [-0.05, 0) is 50.4 Å². The minimum absolute atomic E-state index is 0.0468. The minimum atomic E-state index is -0.311. The van der Waals surface area contributed by atoms with Crippen LogP contribution in [0.1, 0.15) is 25.3 Å². The van der Waals surface area contributed by atoms with Gasteiger partial charge in [-0.1, -0.05) is 18.2 Å². The lowest BCUT2D eigenvalue weighted by molar-refractivity contribution is -0.120. The molecule has 1 heterocycles. The van der Waals surface area contributed by atoms with Gasteiger partial charge in [-0.2, -0.15) is 0 Å². The number of benzene rings is 1. The highest BCUT2D eigenvalue weighted by Crippen LogP contribution is 2.20. The summed E-state index contributed by atoms with van der Waals surface area (Å²) in [4.78, 5) is 14.1. The van der Waals surface area contributed by atoms with Gasteiger partial charge < -0.3 is 5.11 Å². The first-order valence-corrected chi connectivity index (χ1v) is 7.22. The van der Waals surface area contributed by atoms with E-state index in [0.717, 1.165) is 25.9 Å². The summed E-state index contributed by atoms with van der Waals surface area (Å²) in [5, 5.41) is 9.54. The number of aliphatic hydroxyl groups is 1. The molecule has 20 heavy (non-hydrogen) atoms. The van der Waals surface area contributed by atoms with E-state index in [1.807, 2.05) is 6.92 Å². The van der Waals surface area contributed by atoms with E-state index in [0.29, 0.717) is 18.0 Å². The van der Waals surface area contributed by atoms with Crippen LogP contribution in [0.3, 0.4) is 0 Å². The number of carbonyl (C=O) groups excluding carboxylic acids is 1. The average Bonchev–Trinajstić information content (AvgIpc) is 2.42. The zero-order valence-corrected chi connectivity index (χ0v) is 11.9. The van der Waals surface area contributed by atoms with Crippen LogP contribution in [0.4, 0.5) is 4.39 Å². The Labute approximate surface area is 119 Å². The Balaban J connectivity index is 1.80. The predicted molar refractivity (Wildman–Crippen MR) is 76.0 cm³/mol. The highest BCUT2D eigenvalue weighted by atomic mass is 19.1. The molecule has 1 aliphatic heterocycles. The number of ketones is 1. The van der Waals surface area contributed by atoms with Gasteiger partial charge in [0, 0.05) is 6.42 Å². The lowest BCUT2D eigenvalue weighted by Crippen LogP contribution is -2.40. The topological polar surface area (TPSA) is 40.5 Å². The molecule has 2 rings (SSSR count). The van der Waals surface area contributed by atoms with Gasteiger partial charge >= 0.3 is 0 Å². The third-order valence-electron chi connectivity index (χ3n) is 4.06. The molecule has 0 aliphatic carbocycles. The summed E-state index contributed by atoms with van der Waals surface area (Å²) in [6, 6.07) is 6.42. The molecule has 0 spiro atoms. The van der Waals surface area contributed by atoms with E-state index < -0.39 is 0 Å². The van der Waals surface area contributed by atoms with Crippen LogP contribution in [0.2, 0.25) is 0 Å². The zero-order valence-electron chi connectivity index (χ0n) is 11.9. The van der Waals surface area contributed by atoms with E-state index in [-0.39, 0.29) is 24.1 Å². The molecule has 1 aromatic rings. The Morgan fingerprint density at radius 1 is 1.40 bits per heavy atom. The standard InChI is InChI=1S/C16H22FNO2/c1-12(19)13-6-8-18(9-7-13)11-15(20)10-14-4-2-3-5-16(14)17/h2-5,12-13,19H,6-11H2,1H3. The number of carbonyl (C=O) groups is 1. The van der Waals surface area contributed by atoms with E-state index in [1.54, 1.807) is 18.2 Å². The largest absolute Gasteiger partial charge is 0.393 e. The number of likely N-dealkylation sites (tertiary alicyclic amines) is 1. The third-order valence-corrected chi connectivity index (χ3v) is 4.06. The van der Waals surface area contributed by atoms with E-state index >= 15 is 0 Å². The van der Waals surface area contributed by atoms with Crippen LogP contribution in [0.25, 0.3) is 0 Å². The first-order chi connectivity index (χ1) is 9.56. The number of nitrogens with zero attached hydrogens (tertiary/aromatic N) is 1. The SMILES string of the molecule is CC(O)C1CCN(CC(=O)Cc2ccccc2F)CC1.